The Morgan fingerprint density at radius 2 is 2.05 bits per heavy atom. The number of nitrogens with one attached hydrogen (secondary N) is 1. The second-order valence-corrected chi connectivity index (χ2v) is 4.96. The van der Waals surface area contributed by atoms with Crippen molar-refractivity contribution >= 4 is 27.6 Å². The zero-order valence-corrected chi connectivity index (χ0v) is 12.0. The van der Waals surface area contributed by atoms with E-state index in [1.807, 2.05) is 0 Å². The summed E-state index contributed by atoms with van der Waals surface area (Å²) in [6, 6.07) is 4.43. The highest BCUT2D eigenvalue weighted by Crippen LogP contribution is 2.34. The Hall–Kier alpha value is -1.96. The van der Waals surface area contributed by atoms with Gasteiger partial charge in [-0.25, -0.2) is 4.79 Å². The quantitative estimate of drug-likeness (QED) is 0.846. The fourth-order valence-electron chi connectivity index (χ4n) is 1.68. The van der Waals surface area contributed by atoms with Gasteiger partial charge in [-0.3, -0.25) is 0 Å². The van der Waals surface area contributed by atoms with Crippen LogP contribution in [-0.4, -0.2) is 11.1 Å². The minimum Gasteiger partial charge on any atom is -0.478 e. The molecule has 0 saturated carbocycles. The molecule has 1 heterocycles. The first-order valence-corrected chi connectivity index (χ1v) is 6.48. The third kappa shape index (κ3) is 3.57. The highest BCUT2D eigenvalue weighted by Gasteiger charge is 2.30. The van der Waals surface area contributed by atoms with Gasteiger partial charge in [0.15, 0.2) is 0 Å². The predicted octanol–water partition coefficient (Wildman–Crippen LogP) is 4.37. The molecule has 2 N–H and O–H groups in total. The van der Waals surface area contributed by atoms with E-state index in [0.717, 1.165) is 12.1 Å². The lowest BCUT2D eigenvalue weighted by Gasteiger charge is -2.12. The molecule has 8 heteroatoms. The van der Waals surface area contributed by atoms with Gasteiger partial charge in [0.2, 0.25) is 0 Å². The van der Waals surface area contributed by atoms with Crippen molar-refractivity contribution in [1.29, 1.82) is 0 Å². The van der Waals surface area contributed by atoms with Crippen molar-refractivity contribution < 1.29 is 27.5 Å². The van der Waals surface area contributed by atoms with Crippen LogP contribution >= 0.6 is 15.9 Å². The lowest BCUT2D eigenvalue weighted by molar-refractivity contribution is -0.137. The highest BCUT2D eigenvalue weighted by atomic mass is 79.9. The molecule has 0 fully saturated rings. The smallest absolute Gasteiger partial charge is 0.416 e. The lowest BCUT2D eigenvalue weighted by atomic mass is 10.2. The first-order chi connectivity index (χ1) is 9.79. The van der Waals surface area contributed by atoms with Gasteiger partial charge in [-0.1, -0.05) is 0 Å². The van der Waals surface area contributed by atoms with Gasteiger partial charge in [0.05, 0.1) is 18.4 Å². The number of rotatable bonds is 4. The van der Waals surface area contributed by atoms with Gasteiger partial charge in [0.1, 0.15) is 11.3 Å². The van der Waals surface area contributed by atoms with Gasteiger partial charge in [-0.05, 0) is 40.2 Å². The number of carboxylic acids is 1. The van der Waals surface area contributed by atoms with Crippen molar-refractivity contribution in [2.75, 3.05) is 5.32 Å². The number of hydrogen-bond acceptors (Lipinski definition) is 3. The summed E-state index contributed by atoms with van der Waals surface area (Å²) >= 11 is 3.13. The normalized spacial score (nSPS) is 11.4. The third-order valence-electron chi connectivity index (χ3n) is 2.71. The van der Waals surface area contributed by atoms with E-state index in [1.54, 1.807) is 0 Å². The molecule has 0 amide bonds. The van der Waals surface area contributed by atoms with E-state index in [2.05, 4.69) is 21.2 Å². The minimum absolute atomic E-state index is 0.0365. The Balaban J connectivity index is 2.20. The number of aromatic carboxylic acids is 1. The standard InChI is InChI=1S/C13H9BrF3NO3/c14-9-2-1-7(13(15,16)17)5-10(9)18-6-11-8(12(19)20)3-4-21-11/h1-5,18H,6H2,(H,19,20). The van der Waals surface area contributed by atoms with E-state index in [4.69, 9.17) is 9.52 Å². The van der Waals surface area contributed by atoms with Crippen LogP contribution in [0.15, 0.2) is 39.4 Å². The molecule has 0 aliphatic rings. The van der Waals surface area contributed by atoms with E-state index < -0.39 is 17.7 Å². The number of hydrogen-bond donors (Lipinski definition) is 2. The summed E-state index contributed by atoms with van der Waals surface area (Å²) in [6.07, 6.45) is -3.24. The first kappa shape index (κ1) is 15.4. The van der Waals surface area contributed by atoms with Crippen LogP contribution in [-0.2, 0) is 12.7 Å². The maximum absolute atomic E-state index is 12.6. The van der Waals surface area contributed by atoms with E-state index in [1.165, 1.54) is 18.4 Å². The van der Waals surface area contributed by atoms with E-state index in [-0.39, 0.29) is 23.6 Å². The van der Waals surface area contributed by atoms with Crippen LogP contribution in [0, 0.1) is 0 Å². The van der Waals surface area contributed by atoms with Crippen LogP contribution in [0.4, 0.5) is 18.9 Å². The molecule has 0 aliphatic heterocycles. The molecule has 4 nitrogen and oxygen atoms in total. The van der Waals surface area contributed by atoms with Crippen molar-refractivity contribution in [3.05, 3.63) is 51.9 Å². The molecule has 0 spiro atoms. The monoisotopic (exact) mass is 363 g/mol. The average molecular weight is 364 g/mol. The number of carboxylic acid groups (broad SMARTS) is 1. The summed E-state index contributed by atoms with van der Waals surface area (Å²) < 4.78 is 43.4. The Bertz CT molecular complexity index is 667. The number of alkyl halides is 3. The molecule has 0 radical (unpaired) electrons. The zero-order chi connectivity index (χ0) is 15.6. The van der Waals surface area contributed by atoms with Crippen LogP contribution in [0.3, 0.4) is 0 Å². The Labute approximate surface area is 125 Å². The molecule has 1 aromatic carbocycles. The van der Waals surface area contributed by atoms with Gasteiger partial charge in [-0.15, -0.1) is 0 Å². The molecule has 0 unspecified atom stereocenters. The molecule has 0 aliphatic carbocycles. The number of benzene rings is 1. The van der Waals surface area contributed by atoms with Crippen molar-refractivity contribution in [3.8, 4) is 0 Å². The average Bonchev–Trinajstić information content (AvgIpc) is 2.85. The maximum Gasteiger partial charge on any atom is 0.416 e. The predicted molar refractivity (Wildman–Crippen MR) is 72.1 cm³/mol. The van der Waals surface area contributed by atoms with Gasteiger partial charge < -0.3 is 14.8 Å². The van der Waals surface area contributed by atoms with Crippen molar-refractivity contribution in [1.82, 2.24) is 0 Å². The van der Waals surface area contributed by atoms with Crippen molar-refractivity contribution in [2.24, 2.45) is 0 Å². The molecular formula is C13H9BrF3NO3. The Morgan fingerprint density at radius 3 is 2.67 bits per heavy atom. The molecule has 2 rings (SSSR count). The second-order valence-electron chi connectivity index (χ2n) is 4.11. The zero-order valence-electron chi connectivity index (χ0n) is 10.4. The summed E-state index contributed by atoms with van der Waals surface area (Å²) in [5.41, 5.74) is -0.644. The topological polar surface area (TPSA) is 62.5 Å². The molecular weight excluding hydrogens is 355 g/mol. The highest BCUT2D eigenvalue weighted by molar-refractivity contribution is 9.10. The number of halogens is 4. The van der Waals surface area contributed by atoms with E-state index in [9.17, 15) is 18.0 Å². The molecule has 112 valence electrons. The first-order valence-electron chi connectivity index (χ1n) is 5.69. The summed E-state index contributed by atoms with van der Waals surface area (Å²) in [5, 5.41) is 11.6. The van der Waals surface area contributed by atoms with Gasteiger partial charge in [0.25, 0.3) is 0 Å². The maximum atomic E-state index is 12.6. The molecule has 21 heavy (non-hydrogen) atoms. The fraction of sp³-hybridized carbons (Fsp3) is 0.154. The largest absolute Gasteiger partial charge is 0.478 e. The molecule has 0 bridgehead atoms. The number of anilines is 1. The van der Waals surface area contributed by atoms with Crippen LogP contribution in [0.25, 0.3) is 0 Å². The second kappa shape index (κ2) is 5.80. The Morgan fingerprint density at radius 1 is 1.33 bits per heavy atom. The van der Waals surface area contributed by atoms with Crippen LogP contribution in [0.1, 0.15) is 21.7 Å². The number of carbonyl (C=O) groups is 1. The molecule has 2 aromatic rings. The van der Waals surface area contributed by atoms with E-state index >= 15 is 0 Å². The van der Waals surface area contributed by atoms with Gasteiger partial charge in [-0.2, -0.15) is 13.2 Å². The van der Waals surface area contributed by atoms with Crippen LogP contribution in [0.2, 0.25) is 0 Å². The fourth-order valence-corrected chi connectivity index (χ4v) is 2.07. The summed E-state index contributed by atoms with van der Waals surface area (Å²) in [5.74, 6) is -1.03. The molecule has 0 atom stereocenters. The Kier molecular flexibility index (Phi) is 4.26. The lowest BCUT2D eigenvalue weighted by Crippen LogP contribution is -2.08. The van der Waals surface area contributed by atoms with Crippen LogP contribution < -0.4 is 5.32 Å². The van der Waals surface area contributed by atoms with Gasteiger partial charge in [0, 0.05) is 10.2 Å². The summed E-state index contributed by atoms with van der Waals surface area (Å²) in [7, 11) is 0. The van der Waals surface area contributed by atoms with Crippen molar-refractivity contribution in [2.45, 2.75) is 12.7 Å². The summed E-state index contributed by atoms with van der Waals surface area (Å²) in [4.78, 5) is 10.9. The molecule has 0 saturated heterocycles. The number of furan rings is 1. The van der Waals surface area contributed by atoms with E-state index in [0.29, 0.717) is 4.47 Å². The van der Waals surface area contributed by atoms with Crippen LogP contribution in [0.5, 0.6) is 0 Å². The van der Waals surface area contributed by atoms with Gasteiger partial charge >= 0.3 is 12.1 Å². The third-order valence-corrected chi connectivity index (χ3v) is 3.40. The van der Waals surface area contributed by atoms with Crippen molar-refractivity contribution in [3.63, 3.8) is 0 Å². The SMILES string of the molecule is O=C(O)c1ccoc1CNc1cc(C(F)(F)F)ccc1Br. The minimum atomic E-state index is -4.45. The summed E-state index contributed by atoms with van der Waals surface area (Å²) in [6.45, 7) is -0.0471. The molecule has 1 aromatic heterocycles.